The van der Waals surface area contributed by atoms with Gasteiger partial charge in [0.25, 0.3) is 0 Å². The number of furan rings is 1. The molecule has 0 aliphatic carbocycles. The minimum Gasteiger partial charge on any atom is -0.466 e. The van der Waals surface area contributed by atoms with Crippen LogP contribution in [0, 0.1) is 6.92 Å². The molecule has 0 radical (unpaired) electrons. The first-order valence-electron chi connectivity index (χ1n) is 7.14. The fourth-order valence-corrected chi connectivity index (χ4v) is 2.86. The molecule has 3 N–H and O–H groups in total. The normalized spacial score (nSPS) is 16.4. The average molecular weight is 271 g/mol. The van der Waals surface area contributed by atoms with E-state index in [-0.39, 0.29) is 0 Å². The van der Waals surface area contributed by atoms with Crippen LogP contribution in [0.3, 0.4) is 0 Å². The van der Waals surface area contributed by atoms with Crippen LogP contribution >= 0.6 is 0 Å². The maximum Gasteiger partial charge on any atom is 0.107 e. The number of hydrogen-bond acceptors (Lipinski definition) is 4. The van der Waals surface area contributed by atoms with Gasteiger partial charge in [-0.3, -0.25) is 5.84 Å². The van der Waals surface area contributed by atoms with Gasteiger partial charge < -0.3 is 14.7 Å². The van der Waals surface area contributed by atoms with E-state index in [2.05, 4.69) is 34.6 Å². The summed E-state index contributed by atoms with van der Waals surface area (Å²) in [6, 6.07) is 12.4. The van der Waals surface area contributed by atoms with Crippen molar-refractivity contribution in [3.8, 4) is 0 Å². The lowest BCUT2D eigenvalue weighted by molar-refractivity contribution is 0.396. The molecule has 106 valence electrons. The van der Waals surface area contributed by atoms with Crippen LogP contribution in [-0.2, 0) is 0 Å². The number of nitrogens with two attached hydrogens (primary N) is 1. The zero-order chi connectivity index (χ0) is 13.9. The summed E-state index contributed by atoms with van der Waals surface area (Å²) in [7, 11) is 0. The van der Waals surface area contributed by atoms with Gasteiger partial charge in [0.05, 0.1) is 0 Å². The molecule has 1 aliphatic rings. The van der Waals surface area contributed by atoms with Crippen LogP contribution in [0.5, 0.6) is 0 Å². The second-order valence-electron chi connectivity index (χ2n) is 5.40. The number of aryl methyl sites for hydroxylation is 1. The maximum absolute atomic E-state index is 5.75. The summed E-state index contributed by atoms with van der Waals surface area (Å²) in [5.74, 6) is 8.10. The highest BCUT2D eigenvalue weighted by atomic mass is 16.3. The number of nitrogens with one attached hydrogen (secondary N) is 1. The summed E-state index contributed by atoms with van der Waals surface area (Å²) in [6.45, 7) is 4.14. The Morgan fingerprint density at radius 2 is 1.80 bits per heavy atom. The van der Waals surface area contributed by atoms with E-state index in [0.29, 0.717) is 5.92 Å². The molecule has 1 fully saturated rings. The predicted molar refractivity (Wildman–Crippen MR) is 81.9 cm³/mol. The second kappa shape index (κ2) is 5.59. The Labute approximate surface area is 119 Å². The molecular formula is C16H21N3O. The summed E-state index contributed by atoms with van der Waals surface area (Å²) in [6.07, 6.45) is 2.29. The molecule has 4 nitrogen and oxygen atoms in total. The van der Waals surface area contributed by atoms with Crippen LogP contribution in [0.15, 0.2) is 40.8 Å². The van der Waals surface area contributed by atoms with E-state index < -0.39 is 0 Å². The largest absolute Gasteiger partial charge is 0.466 e. The number of nitrogen functional groups attached to an aromatic ring is 1. The van der Waals surface area contributed by atoms with Crippen molar-refractivity contribution in [1.29, 1.82) is 0 Å². The number of benzene rings is 1. The number of piperidine rings is 1. The molecule has 2 aromatic rings. The summed E-state index contributed by atoms with van der Waals surface area (Å²) in [4.78, 5) is 2.42. The fraction of sp³-hybridized carbons (Fsp3) is 0.375. The summed E-state index contributed by atoms with van der Waals surface area (Å²) in [5.41, 5.74) is 4.86. The van der Waals surface area contributed by atoms with Gasteiger partial charge in [-0.1, -0.05) is 0 Å². The molecule has 0 unspecified atom stereocenters. The lowest BCUT2D eigenvalue weighted by atomic mass is 9.94. The molecule has 3 rings (SSSR count). The quantitative estimate of drug-likeness (QED) is 0.664. The smallest absolute Gasteiger partial charge is 0.107 e. The monoisotopic (exact) mass is 271 g/mol. The Hall–Kier alpha value is -1.94. The number of rotatable bonds is 3. The van der Waals surface area contributed by atoms with Crippen molar-refractivity contribution in [3.05, 3.63) is 47.9 Å². The fourth-order valence-electron chi connectivity index (χ4n) is 2.86. The van der Waals surface area contributed by atoms with Crippen molar-refractivity contribution in [2.75, 3.05) is 23.4 Å². The third-order valence-corrected chi connectivity index (χ3v) is 4.06. The van der Waals surface area contributed by atoms with Gasteiger partial charge in [0.1, 0.15) is 11.5 Å². The highest BCUT2D eigenvalue weighted by Gasteiger charge is 2.22. The average Bonchev–Trinajstić information content (AvgIpc) is 2.94. The van der Waals surface area contributed by atoms with E-state index in [1.807, 2.05) is 19.1 Å². The van der Waals surface area contributed by atoms with Crippen molar-refractivity contribution >= 4 is 11.4 Å². The van der Waals surface area contributed by atoms with Crippen LogP contribution in [0.4, 0.5) is 11.4 Å². The van der Waals surface area contributed by atoms with Gasteiger partial charge in [0.2, 0.25) is 0 Å². The van der Waals surface area contributed by atoms with E-state index in [1.54, 1.807) is 0 Å². The Bertz CT molecular complexity index is 553. The van der Waals surface area contributed by atoms with Crippen molar-refractivity contribution in [2.24, 2.45) is 5.84 Å². The van der Waals surface area contributed by atoms with Gasteiger partial charge in [0.15, 0.2) is 0 Å². The van der Waals surface area contributed by atoms with Crippen LogP contribution in [0.1, 0.15) is 30.3 Å². The molecule has 1 saturated heterocycles. The number of hydrogen-bond donors (Lipinski definition) is 2. The molecule has 0 bridgehead atoms. The molecule has 2 heterocycles. The third-order valence-electron chi connectivity index (χ3n) is 4.06. The first-order chi connectivity index (χ1) is 9.76. The van der Waals surface area contributed by atoms with E-state index in [9.17, 15) is 0 Å². The number of anilines is 2. The molecule has 1 aromatic carbocycles. The summed E-state index contributed by atoms with van der Waals surface area (Å²) < 4.78 is 5.75. The predicted octanol–water partition coefficient (Wildman–Crippen LogP) is 3.26. The minimum atomic E-state index is 0.560. The van der Waals surface area contributed by atoms with Gasteiger partial charge in [-0.05, 0) is 56.2 Å². The molecule has 0 atom stereocenters. The topological polar surface area (TPSA) is 54.4 Å². The SMILES string of the molecule is Cc1ccc(C2CCN(c3ccc(NN)cc3)CC2)o1. The van der Waals surface area contributed by atoms with E-state index in [4.69, 9.17) is 10.3 Å². The van der Waals surface area contributed by atoms with Crippen molar-refractivity contribution in [3.63, 3.8) is 0 Å². The lowest BCUT2D eigenvalue weighted by Gasteiger charge is -2.33. The van der Waals surface area contributed by atoms with Crippen molar-refractivity contribution in [1.82, 2.24) is 0 Å². The van der Waals surface area contributed by atoms with Gasteiger partial charge in [0, 0.05) is 30.4 Å². The summed E-state index contributed by atoms with van der Waals surface area (Å²) >= 11 is 0. The molecule has 1 aromatic heterocycles. The highest BCUT2D eigenvalue weighted by molar-refractivity contribution is 5.54. The zero-order valence-electron chi connectivity index (χ0n) is 11.8. The third kappa shape index (κ3) is 2.65. The Kier molecular flexibility index (Phi) is 3.65. The molecular weight excluding hydrogens is 250 g/mol. The van der Waals surface area contributed by atoms with E-state index in [0.717, 1.165) is 43.1 Å². The van der Waals surface area contributed by atoms with Crippen molar-refractivity contribution < 1.29 is 4.42 Å². The zero-order valence-corrected chi connectivity index (χ0v) is 11.8. The Morgan fingerprint density at radius 1 is 1.10 bits per heavy atom. The van der Waals surface area contributed by atoms with E-state index in [1.165, 1.54) is 5.69 Å². The standard InChI is InChI=1S/C16H21N3O/c1-12-2-7-16(20-12)13-8-10-19(11-9-13)15-5-3-14(18-17)4-6-15/h2-7,13,18H,8-11,17H2,1H3. The maximum atomic E-state index is 5.75. The van der Waals surface area contributed by atoms with Crippen LogP contribution < -0.4 is 16.2 Å². The van der Waals surface area contributed by atoms with E-state index >= 15 is 0 Å². The minimum absolute atomic E-state index is 0.560. The van der Waals surface area contributed by atoms with Gasteiger partial charge in [-0.15, -0.1) is 0 Å². The highest BCUT2D eigenvalue weighted by Crippen LogP contribution is 2.31. The van der Waals surface area contributed by atoms with Crippen molar-refractivity contribution in [2.45, 2.75) is 25.7 Å². The molecule has 4 heteroatoms. The van der Waals surface area contributed by atoms with Crippen LogP contribution in [0.25, 0.3) is 0 Å². The lowest BCUT2D eigenvalue weighted by Crippen LogP contribution is -2.32. The molecule has 20 heavy (non-hydrogen) atoms. The van der Waals surface area contributed by atoms with Gasteiger partial charge >= 0.3 is 0 Å². The second-order valence-corrected chi connectivity index (χ2v) is 5.40. The van der Waals surface area contributed by atoms with Crippen LogP contribution in [-0.4, -0.2) is 13.1 Å². The Balaban J connectivity index is 1.63. The molecule has 0 spiro atoms. The van der Waals surface area contributed by atoms with Gasteiger partial charge in [-0.25, -0.2) is 0 Å². The first-order valence-corrected chi connectivity index (χ1v) is 7.14. The number of hydrazine groups is 1. The van der Waals surface area contributed by atoms with Gasteiger partial charge in [-0.2, -0.15) is 0 Å². The summed E-state index contributed by atoms with van der Waals surface area (Å²) in [5, 5.41) is 0. The molecule has 0 amide bonds. The molecule has 1 aliphatic heterocycles. The number of nitrogens with zero attached hydrogens (tertiary/aromatic N) is 1. The Morgan fingerprint density at radius 3 is 2.35 bits per heavy atom. The van der Waals surface area contributed by atoms with Crippen LogP contribution in [0.2, 0.25) is 0 Å². The molecule has 0 saturated carbocycles. The first kappa shape index (κ1) is 13.1.